The molecule has 12 heteroatoms. The minimum atomic E-state index is -1.18. The molecule has 1 atom stereocenters. The Morgan fingerprint density at radius 1 is 0.730 bits per heavy atom. The molecule has 0 saturated carbocycles. The van der Waals surface area contributed by atoms with Crippen molar-refractivity contribution in [3.63, 3.8) is 0 Å². The van der Waals surface area contributed by atoms with E-state index in [1.54, 1.807) is 42.5 Å². The molecule has 3 rings (SSSR count). The summed E-state index contributed by atoms with van der Waals surface area (Å²) in [7, 11) is 0. The molecule has 7 nitrogen and oxygen atoms in total. The summed E-state index contributed by atoms with van der Waals surface area (Å²) in [6, 6.07) is 16.7. The van der Waals surface area contributed by atoms with Crippen LogP contribution in [-0.2, 0) is 27.4 Å². The van der Waals surface area contributed by atoms with Crippen molar-refractivity contribution >= 4 is 76.0 Å². The maximum absolute atomic E-state index is 13.1. The van der Waals surface area contributed by atoms with Gasteiger partial charge in [-0.3, -0.25) is 4.79 Å². The van der Waals surface area contributed by atoms with Gasteiger partial charge in [0.25, 0.3) is 0 Å². The fourth-order valence-corrected chi connectivity index (χ4v) is 4.26. The van der Waals surface area contributed by atoms with Crippen LogP contribution in [0.25, 0.3) is 0 Å². The molecule has 0 radical (unpaired) electrons. The fourth-order valence-electron chi connectivity index (χ4n) is 3.06. The third kappa shape index (κ3) is 8.15. The summed E-state index contributed by atoms with van der Waals surface area (Å²) in [6.07, 6.45) is -0.737. The Balaban J connectivity index is 1.67. The Labute approximate surface area is 237 Å². The average molecular weight is 605 g/mol. The van der Waals surface area contributed by atoms with Gasteiger partial charge in [0.1, 0.15) is 29.2 Å². The van der Waals surface area contributed by atoms with Gasteiger partial charge >= 0.3 is 12.1 Å². The summed E-state index contributed by atoms with van der Waals surface area (Å²) in [5.74, 6) is -1.87. The van der Waals surface area contributed by atoms with Crippen molar-refractivity contribution in [3.8, 4) is 5.75 Å². The highest BCUT2D eigenvalue weighted by atomic mass is 35.5. The van der Waals surface area contributed by atoms with Crippen molar-refractivity contribution in [2.45, 2.75) is 19.1 Å². The molecule has 194 valence electrons. The van der Waals surface area contributed by atoms with Crippen LogP contribution in [0.4, 0.5) is 4.79 Å². The van der Waals surface area contributed by atoms with Gasteiger partial charge < -0.3 is 20.1 Å². The van der Waals surface area contributed by atoms with Crippen LogP contribution < -0.4 is 15.4 Å². The molecule has 0 aliphatic rings. The Bertz CT molecular complexity index is 1250. The van der Waals surface area contributed by atoms with Gasteiger partial charge in [-0.15, -0.1) is 0 Å². The van der Waals surface area contributed by atoms with Crippen LogP contribution in [0.1, 0.15) is 11.1 Å². The molecule has 2 N–H and O–H groups in total. The number of esters is 1. The van der Waals surface area contributed by atoms with Gasteiger partial charge in [-0.25, -0.2) is 9.59 Å². The van der Waals surface area contributed by atoms with Crippen molar-refractivity contribution in [1.29, 1.82) is 0 Å². The van der Waals surface area contributed by atoms with Gasteiger partial charge in [-0.05, 0) is 11.1 Å². The van der Waals surface area contributed by atoms with Crippen molar-refractivity contribution in [2.24, 2.45) is 0 Å². The normalized spacial score (nSPS) is 11.4. The summed E-state index contributed by atoms with van der Waals surface area (Å²) in [4.78, 5) is 37.6. The Morgan fingerprint density at radius 2 is 1.24 bits per heavy atom. The highest BCUT2D eigenvalue weighted by Crippen LogP contribution is 2.48. The highest BCUT2D eigenvalue weighted by Gasteiger charge is 2.28. The Kier molecular flexibility index (Phi) is 10.7. The summed E-state index contributed by atoms with van der Waals surface area (Å²) in [5.41, 5.74) is 1.51. The predicted octanol–water partition coefficient (Wildman–Crippen LogP) is 6.51. The molecule has 0 fully saturated rings. The number of ether oxygens (including phenoxy) is 2. The van der Waals surface area contributed by atoms with E-state index in [2.05, 4.69) is 10.6 Å². The van der Waals surface area contributed by atoms with Gasteiger partial charge in [0, 0.05) is 6.42 Å². The lowest BCUT2D eigenvalue weighted by atomic mass is 10.1. The number of carbonyl (C=O) groups excluding carboxylic acids is 3. The van der Waals surface area contributed by atoms with E-state index in [0.29, 0.717) is 0 Å². The lowest BCUT2D eigenvalue weighted by Gasteiger charge is -2.19. The first-order valence-electron chi connectivity index (χ1n) is 10.7. The van der Waals surface area contributed by atoms with E-state index in [1.807, 2.05) is 18.2 Å². The molecule has 37 heavy (non-hydrogen) atoms. The number of amides is 2. The van der Waals surface area contributed by atoms with E-state index in [4.69, 9.17) is 67.5 Å². The zero-order chi connectivity index (χ0) is 26.9. The van der Waals surface area contributed by atoms with Crippen LogP contribution in [0, 0.1) is 0 Å². The zero-order valence-electron chi connectivity index (χ0n) is 18.9. The maximum atomic E-state index is 13.1. The van der Waals surface area contributed by atoms with E-state index in [0.717, 1.165) is 11.1 Å². The van der Waals surface area contributed by atoms with Crippen LogP contribution in [0.15, 0.2) is 60.7 Å². The molecule has 2 amide bonds. The fraction of sp³-hybridized carbons (Fsp3) is 0.160. The second kappa shape index (κ2) is 13.7. The van der Waals surface area contributed by atoms with E-state index >= 15 is 0 Å². The largest absolute Gasteiger partial charge is 0.445 e. The number of carbonyl (C=O) groups is 3. The van der Waals surface area contributed by atoms with Crippen LogP contribution in [0.3, 0.4) is 0 Å². The molecule has 3 aromatic carbocycles. The predicted molar refractivity (Wildman–Crippen MR) is 144 cm³/mol. The lowest BCUT2D eigenvalue weighted by Crippen LogP contribution is -2.48. The Hall–Kier alpha value is -2.68. The van der Waals surface area contributed by atoms with Crippen molar-refractivity contribution in [1.82, 2.24) is 10.6 Å². The van der Waals surface area contributed by atoms with Gasteiger partial charge in [0.2, 0.25) is 5.91 Å². The number of alkyl carbamates (subject to hydrolysis) is 1. The molecule has 0 bridgehead atoms. The summed E-state index contributed by atoms with van der Waals surface area (Å²) in [5, 5.41) is 4.02. The number of rotatable bonds is 9. The third-order valence-electron chi connectivity index (χ3n) is 4.88. The SMILES string of the molecule is O=C(CNC(=O)OCc1ccccc1)N[C@@H](Cc1ccccc1)C(=O)Oc1c(Cl)c(Cl)c(Cl)c(Cl)c1Cl. The van der Waals surface area contributed by atoms with Gasteiger partial charge in [-0.2, -0.15) is 0 Å². The van der Waals surface area contributed by atoms with Crippen molar-refractivity contribution < 1.29 is 23.9 Å². The molecule has 0 aliphatic carbocycles. The Morgan fingerprint density at radius 3 is 1.81 bits per heavy atom. The van der Waals surface area contributed by atoms with Gasteiger partial charge in [-0.1, -0.05) is 119 Å². The molecule has 0 heterocycles. The smallest absolute Gasteiger partial charge is 0.407 e. The molecular weight excluding hydrogens is 586 g/mol. The van der Waals surface area contributed by atoms with Crippen molar-refractivity contribution in [3.05, 3.63) is 96.9 Å². The van der Waals surface area contributed by atoms with E-state index in [1.165, 1.54) is 0 Å². The lowest BCUT2D eigenvalue weighted by molar-refractivity contribution is -0.139. The molecule has 0 aromatic heterocycles. The average Bonchev–Trinajstić information content (AvgIpc) is 2.91. The molecule has 0 saturated heterocycles. The summed E-state index contributed by atoms with van der Waals surface area (Å²) < 4.78 is 10.5. The number of halogens is 5. The van der Waals surface area contributed by atoms with E-state index in [9.17, 15) is 14.4 Å². The van der Waals surface area contributed by atoms with Crippen LogP contribution in [0.5, 0.6) is 5.75 Å². The molecule has 0 aliphatic heterocycles. The highest BCUT2D eigenvalue weighted by molar-refractivity contribution is 6.55. The van der Waals surface area contributed by atoms with Crippen LogP contribution >= 0.6 is 58.0 Å². The topological polar surface area (TPSA) is 93.7 Å². The van der Waals surface area contributed by atoms with Crippen molar-refractivity contribution in [2.75, 3.05) is 6.54 Å². The summed E-state index contributed by atoms with van der Waals surface area (Å²) in [6.45, 7) is -0.419. The summed E-state index contributed by atoms with van der Waals surface area (Å²) >= 11 is 30.4. The number of hydrogen-bond donors (Lipinski definition) is 2. The minimum absolute atomic E-state index is 0.0327. The molecule has 0 spiro atoms. The number of hydrogen-bond acceptors (Lipinski definition) is 5. The molecular formula is C25H19Cl5N2O5. The monoisotopic (exact) mass is 602 g/mol. The van der Waals surface area contributed by atoms with E-state index in [-0.39, 0.29) is 43.9 Å². The molecule has 3 aromatic rings. The standard InChI is InChI=1S/C25H19Cl5N2O5/c26-18-19(27)21(29)23(22(30)20(18)28)37-24(34)16(11-14-7-3-1-4-8-14)32-17(33)12-31-25(35)36-13-15-9-5-2-6-10-15/h1-10,16H,11-13H2,(H,31,35)(H,32,33)/t16-/m0/s1. The quantitative estimate of drug-likeness (QED) is 0.126. The first-order valence-corrected chi connectivity index (χ1v) is 12.6. The second-order valence-corrected chi connectivity index (χ2v) is 9.44. The van der Waals surface area contributed by atoms with Crippen LogP contribution in [-0.4, -0.2) is 30.6 Å². The number of nitrogens with one attached hydrogen (secondary N) is 2. The van der Waals surface area contributed by atoms with E-state index < -0.39 is 30.6 Å². The van der Waals surface area contributed by atoms with Gasteiger partial charge in [0.05, 0.1) is 15.1 Å². The molecule has 0 unspecified atom stereocenters. The third-order valence-corrected chi connectivity index (χ3v) is 7.12. The first-order chi connectivity index (χ1) is 17.7. The second-order valence-electron chi connectivity index (χ2n) is 7.55. The minimum Gasteiger partial charge on any atom is -0.445 e. The first kappa shape index (κ1) is 28.9. The maximum Gasteiger partial charge on any atom is 0.407 e. The zero-order valence-corrected chi connectivity index (χ0v) is 22.7. The van der Waals surface area contributed by atoms with Crippen LogP contribution in [0.2, 0.25) is 25.1 Å². The van der Waals surface area contributed by atoms with Gasteiger partial charge in [0.15, 0.2) is 5.75 Å². The number of benzene rings is 3.